The second-order valence-electron chi connectivity index (χ2n) is 14.6. The molecule has 2 aromatic carbocycles. The summed E-state index contributed by atoms with van der Waals surface area (Å²) < 4.78 is 4.79. The van der Waals surface area contributed by atoms with Crippen LogP contribution in [-0.2, 0) is 38.5 Å². The lowest BCUT2D eigenvalue weighted by molar-refractivity contribution is -0.144. The Balaban J connectivity index is 1.58. The number of carbonyl (C=O) groups excluding carboxylic acids is 4. The standard InChI is InChI=1S/C39H52N6O6S/c1-26(2)31-33(46)40-20-8-7-10-27-11-13-28(14-12-27)24-39(50,36(48)42-31)19-9-22-45(44-34(47)32(38(3,4)5)43-37(49)51-6)25-29-15-17-30(18-16-29)35-41-21-23-52-35/h7-8,11-18,21,23,26,31-32,50H,9-10,19-20,22,24-25H2,1-6H3,(H,40,46)(H,42,48)(H,43,49)(H,44,47)/b8-7-/t31-,32+,39+/m0/s1. The van der Waals surface area contributed by atoms with Crippen LogP contribution in [0.2, 0.25) is 0 Å². The molecule has 0 fully saturated rings. The summed E-state index contributed by atoms with van der Waals surface area (Å²) in [5, 5.41) is 25.0. The molecule has 0 spiro atoms. The summed E-state index contributed by atoms with van der Waals surface area (Å²) in [7, 11) is 1.24. The van der Waals surface area contributed by atoms with Crippen LogP contribution >= 0.6 is 11.3 Å². The van der Waals surface area contributed by atoms with Crippen LogP contribution in [0.25, 0.3) is 10.6 Å². The van der Waals surface area contributed by atoms with Crippen molar-refractivity contribution in [1.82, 2.24) is 31.4 Å². The highest BCUT2D eigenvalue weighted by Crippen LogP contribution is 2.25. The number of aliphatic hydroxyl groups is 1. The fraction of sp³-hybridized carbons (Fsp3) is 0.462. The maximum absolute atomic E-state index is 14.0. The molecule has 0 saturated heterocycles. The summed E-state index contributed by atoms with van der Waals surface area (Å²) in [4.78, 5) is 57.4. The van der Waals surface area contributed by atoms with E-state index in [1.54, 1.807) is 22.5 Å². The van der Waals surface area contributed by atoms with Crippen molar-refractivity contribution >= 4 is 35.2 Å². The molecule has 4 amide bonds. The molecule has 5 rings (SSSR count). The molecule has 13 heteroatoms. The molecule has 0 saturated carbocycles. The lowest BCUT2D eigenvalue weighted by Gasteiger charge is -2.34. The smallest absolute Gasteiger partial charge is 0.407 e. The Hall–Kier alpha value is -4.59. The number of aromatic nitrogens is 1. The number of hydrazine groups is 1. The van der Waals surface area contributed by atoms with Crippen LogP contribution in [0.4, 0.5) is 4.79 Å². The number of alkyl carbamates (subject to hydrolysis) is 1. The number of carbonyl (C=O) groups is 4. The van der Waals surface area contributed by atoms with Crippen LogP contribution in [0.15, 0.2) is 72.3 Å². The third-order valence-electron chi connectivity index (χ3n) is 8.96. The second-order valence-corrected chi connectivity index (χ2v) is 15.5. The van der Waals surface area contributed by atoms with E-state index in [1.807, 2.05) is 101 Å². The van der Waals surface area contributed by atoms with Crippen molar-refractivity contribution in [2.75, 3.05) is 20.2 Å². The zero-order valence-electron chi connectivity index (χ0n) is 30.9. The number of nitrogens with zero attached hydrogens (tertiary/aromatic N) is 2. The zero-order chi connectivity index (χ0) is 37.9. The number of amides is 4. The van der Waals surface area contributed by atoms with Crippen molar-refractivity contribution < 1.29 is 29.0 Å². The van der Waals surface area contributed by atoms with E-state index in [-0.39, 0.29) is 31.2 Å². The average molecular weight is 733 g/mol. The van der Waals surface area contributed by atoms with Crippen LogP contribution in [0.1, 0.15) is 64.2 Å². The second kappa shape index (κ2) is 18.3. The lowest BCUT2D eigenvalue weighted by Crippen LogP contribution is -2.58. The van der Waals surface area contributed by atoms with E-state index in [2.05, 4.69) is 26.4 Å². The van der Waals surface area contributed by atoms with Crippen molar-refractivity contribution in [3.8, 4) is 10.6 Å². The van der Waals surface area contributed by atoms with Gasteiger partial charge in [0, 0.05) is 43.2 Å². The molecule has 12 nitrogen and oxygen atoms in total. The van der Waals surface area contributed by atoms with Crippen LogP contribution in [-0.4, -0.2) is 76.8 Å². The molecule has 280 valence electrons. The summed E-state index contributed by atoms with van der Waals surface area (Å²) in [6, 6.07) is 13.8. The molecule has 1 aromatic heterocycles. The molecule has 0 aliphatic carbocycles. The first-order valence-electron chi connectivity index (χ1n) is 17.6. The van der Waals surface area contributed by atoms with Crippen LogP contribution in [0.5, 0.6) is 0 Å². The van der Waals surface area contributed by atoms with Gasteiger partial charge in [-0.3, -0.25) is 19.8 Å². The first kappa shape index (κ1) is 40.2. The minimum atomic E-state index is -1.86. The van der Waals surface area contributed by atoms with E-state index in [1.165, 1.54) is 7.11 Å². The summed E-state index contributed by atoms with van der Waals surface area (Å²) in [5.74, 6) is -1.63. The summed E-state index contributed by atoms with van der Waals surface area (Å²) >= 11 is 1.54. The Morgan fingerprint density at radius 2 is 1.77 bits per heavy atom. The van der Waals surface area contributed by atoms with E-state index in [0.717, 1.165) is 27.3 Å². The average Bonchev–Trinajstić information content (AvgIpc) is 3.64. The van der Waals surface area contributed by atoms with Crippen LogP contribution < -0.4 is 21.4 Å². The minimum Gasteiger partial charge on any atom is -0.453 e. The third kappa shape index (κ3) is 11.5. The number of nitrogens with one attached hydrogen (secondary N) is 4. The van der Waals surface area contributed by atoms with Gasteiger partial charge in [0.15, 0.2) is 0 Å². The quantitative estimate of drug-likeness (QED) is 0.142. The Kier molecular flexibility index (Phi) is 14.1. The maximum atomic E-state index is 14.0. The number of hydrogen-bond donors (Lipinski definition) is 5. The fourth-order valence-electron chi connectivity index (χ4n) is 5.94. The van der Waals surface area contributed by atoms with Gasteiger partial charge in [-0.15, -0.1) is 11.3 Å². The predicted octanol–water partition coefficient (Wildman–Crippen LogP) is 4.54. The molecule has 3 atom stereocenters. The van der Waals surface area contributed by atoms with Gasteiger partial charge in [-0.05, 0) is 47.3 Å². The van der Waals surface area contributed by atoms with E-state index in [9.17, 15) is 24.3 Å². The monoisotopic (exact) mass is 732 g/mol. The number of methoxy groups -OCH3 is 1. The van der Waals surface area contributed by atoms with Gasteiger partial charge in [-0.2, -0.15) is 0 Å². The van der Waals surface area contributed by atoms with Crippen molar-refractivity contribution in [1.29, 1.82) is 0 Å². The Morgan fingerprint density at radius 3 is 2.38 bits per heavy atom. The van der Waals surface area contributed by atoms with Crippen LogP contribution in [0, 0.1) is 11.3 Å². The number of fused-ring (bicyclic) bond motifs is 11. The topological polar surface area (TPSA) is 162 Å². The van der Waals surface area contributed by atoms with E-state index < -0.39 is 41.0 Å². The van der Waals surface area contributed by atoms with Gasteiger partial charge in [-0.1, -0.05) is 95.3 Å². The summed E-state index contributed by atoms with van der Waals surface area (Å²) in [6.07, 6.45) is 5.95. The third-order valence-corrected chi connectivity index (χ3v) is 9.78. The Labute approximate surface area is 310 Å². The van der Waals surface area contributed by atoms with E-state index >= 15 is 0 Å². The molecule has 0 unspecified atom stereocenters. The SMILES string of the molecule is COC(=O)N[C@H](C(=O)NN(CCC[C@@]1(O)Cc2ccc(cc2)C/C=C\CNC(=O)[C@H](C(C)C)NC1=O)Cc1ccc(-c2nccs2)cc1)C(C)(C)C. The van der Waals surface area contributed by atoms with E-state index in [4.69, 9.17) is 4.74 Å². The number of thiazole rings is 1. The van der Waals surface area contributed by atoms with Gasteiger partial charge >= 0.3 is 6.09 Å². The molecule has 2 bridgehead atoms. The first-order valence-corrected chi connectivity index (χ1v) is 18.5. The highest BCUT2D eigenvalue weighted by molar-refractivity contribution is 7.13. The van der Waals surface area contributed by atoms with Gasteiger partial charge in [0.05, 0.1) is 7.11 Å². The molecule has 52 heavy (non-hydrogen) atoms. The molecule has 0 radical (unpaired) electrons. The molecule has 3 aromatic rings. The zero-order valence-corrected chi connectivity index (χ0v) is 31.7. The molecule has 2 aliphatic heterocycles. The van der Waals surface area contributed by atoms with Crippen molar-refractivity contribution in [2.45, 2.75) is 84.5 Å². The number of ether oxygens (including phenoxy) is 1. The van der Waals surface area contributed by atoms with Gasteiger partial charge < -0.3 is 25.8 Å². The number of benzene rings is 2. The molecule has 2 aliphatic rings. The van der Waals surface area contributed by atoms with Crippen LogP contribution in [0.3, 0.4) is 0 Å². The summed E-state index contributed by atoms with van der Waals surface area (Å²) in [6.45, 7) is 10.1. The van der Waals surface area contributed by atoms with E-state index in [0.29, 0.717) is 25.9 Å². The van der Waals surface area contributed by atoms with Crippen molar-refractivity contribution in [3.05, 3.63) is 89.0 Å². The number of rotatable bonds is 11. The Morgan fingerprint density at radius 1 is 1.08 bits per heavy atom. The lowest BCUT2D eigenvalue weighted by atomic mass is 9.86. The molecule has 5 N–H and O–H groups in total. The maximum Gasteiger partial charge on any atom is 0.407 e. The highest BCUT2D eigenvalue weighted by Gasteiger charge is 2.39. The first-order chi connectivity index (χ1) is 24.7. The van der Waals surface area contributed by atoms with Gasteiger partial charge in [-0.25, -0.2) is 14.8 Å². The van der Waals surface area contributed by atoms with Gasteiger partial charge in [0.2, 0.25) is 5.91 Å². The minimum absolute atomic E-state index is 0.0289. The number of allylic oxidation sites excluding steroid dienone is 1. The van der Waals surface area contributed by atoms with Gasteiger partial charge in [0.1, 0.15) is 22.7 Å². The normalized spacial score (nSPS) is 19.6. The highest BCUT2D eigenvalue weighted by atomic mass is 32.1. The van der Waals surface area contributed by atoms with Gasteiger partial charge in [0.25, 0.3) is 11.8 Å². The fourth-order valence-corrected chi connectivity index (χ4v) is 6.59. The molecular formula is C39H52N6O6S. The van der Waals surface area contributed by atoms with Crippen molar-refractivity contribution in [3.63, 3.8) is 0 Å². The largest absolute Gasteiger partial charge is 0.453 e. The molecular weight excluding hydrogens is 681 g/mol. The number of hydrogen-bond acceptors (Lipinski definition) is 9. The Bertz CT molecular complexity index is 1670. The predicted molar refractivity (Wildman–Crippen MR) is 202 cm³/mol. The molecule has 3 heterocycles. The van der Waals surface area contributed by atoms with Crippen molar-refractivity contribution in [2.24, 2.45) is 11.3 Å². The summed E-state index contributed by atoms with van der Waals surface area (Å²) in [5.41, 5.74) is 4.18.